The van der Waals surface area contributed by atoms with Gasteiger partial charge in [-0.25, -0.2) is 27.0 Å². The molecule has 1 aromatic heterocycles. The fraction of sp³-hybridized carbons (Fsp3) is 0.300. The fourth-order valence-electron chi connectivity index (χ4n) is 3.60. The maximum Gasteiger partial charge on any atom is 0.257 e. The summed E-state index contributed by atoms with van der Waals surface area (Å²) in [5.41, 5.74) is 0.801. The molecule has 1 saturated heterocycles. The van der Waals surface area contributed by atoms with E-state index in [1.54, 1.807) is 0 Å². The van der Waals surface area contributed by atoms with E-state index in [0.29, 0.717) is 29.2 Å². The minimum Gasteiger partial charge on any atom is -0.298 e. The Balaban J connectivity index is 1.50. The van der Waals surface area contributed by atoms with Crippen molar-refractivity contribution in [1.82, 2.24) is 9.29 Å². The van der Waals surface area contributed by atoms with Gasteiger partial charge in [0.1, 0.15) is 0 Å². The fourth-order valence-corrected chi connectivity index (χ4v) is 6.71. The van der Waals surface area contributed by atoms with Crippen LogP contribution in [0.3, 0.4) is 0 Å². The lowest BCUT2D eigenvalue weighted by atomic mass is 10.0. The summed E-state index contributed by atoms with van der Waals surface area (Å²) in [5, 5.41) is 8.10. The first-order valence-electron chi connectivity index (χ1n) is 9.89. The first-order chi connectivity index (χ1) is 15.0. The average molecular weight is 495 g/mol. The van der Waals surface area contributed by atoms with Crippen molar-refractivity contribution >= 4 is 52.6 Å². The van der Waals surface area contributed by atoms with Crippen molar-refractivity contribution in [3.05, 3.63) is 48.0 Å². The molecular formula is C20H22N4O5S3. The standard InChI is InChI=1S/C20H22N4O5S3/c1-13-3-2-10-24(12-13)32(28,29)15-6-4-14(5-7-15)19(25)23-20-22-17-9-8-16(31(21,26)27)11-18(17)30-20/h4-9,11,13H,2-3,10,12H2,1H3,(H2,21,26,27)(H,22,23,25)/t13-/m0/s1. The molecule has 9 nitrogen and oxygen atoms in total. The molecule has 1 fully saturated rings. The van der Waals surface area contributed by atoms with Crippen molar-refractivity contribution in [3.63, 3.8) is 0 Å². The van der Waals surface area contributed by atoms with E-state index in [1.807, 2.05) is 6.92 Å². The van der Waals surface area contributed by atoms with Crippen LogP contribution in [0, 0.1) is 5.92 Å². The predicted octanol–water partition coefficient (Wildman–Crippen LogP) is 2.62. The van der Waals surface area contributed by atoms with Crippen LogP contribution in [0.2, 0.25) is 0 Å². The van der Waals surface area contributed by atoms with Gasteiger partial charge in [0.05, 0.1) is 20.0 Å². The molecule has 2 heterocycles. The van der Waals surface area contributed by atoms with Crippen molar-refractivity contribution in [2.75, 3.05) is 18.4 Å². The van der Waals surface area contributed by atoms with Crippen molar-refractivity contribution in [1.29, 1.82) is 0 Å². The highest BCUT2D eigenvalue weighted by Gasteiger charge is 2.28. The zero-order chi connectivity index (χ0) is 23.1. The number of sulfonamides is 2. The summed E-state index contributed by atoms with van der Waals surface area (Å²) < 4.78 is 50.8. The molecule has 0 unspecified atom stereocenters. The Kier molecular flexibility index (Phi) is 6.07. The van der Waals surface area contributed by atoms with Crippen LogP contribution in [0.15, 0.2) is 52.3 Å². The molecule has 12 heteroatoms. The van der Waals surface area contributed by atoms with Crippen molar-refractivity contribution in [3.8, 4) is 0 Å². The average Bonchev–Trinajstić information content (AvgIpc) is 3.14. The van der Waals surface area contributed by atoms with Crippen LogP contribution in [0.5, 0.6) is 0 Å². The topological polar surface area (TPSA) is 140 Å². The second-order valence-electron chi connectivity index (χ2n) is 7.78. The smallest absolute Gasteiger partial charge is 0.257 e. The Morgan fingerprint density at radius 1 is 1.12 bits per heavy atom. The Labute approximate surface area is 190 Å². The van der Waals surface area contributed by atoms with Crippen molar-refractivity contribution in [2.24, 2.45) is 11.1 Å². The van der Waals surface area contributed by atoms with Gasteiger partial charge in [0, 0.05) is 18.7 Å². The number of carbonyl (C=O) groups is 1. The molecule has 0 aliphatic carbocycles. The molecule has 0 bridgehead atoms. The number of carbonyl (C=O) groups excluding carboxylic acids is 1. The van der Waals surface area contributed by atoms with E-state index in [1.165, 1.54) is 46.8 Å². The van der Waals surface area contributed by atoms with E-state index in [2.05, 4.69) is 10.3 Å². The van der Waals surface area contributed by atoms with Crippen LogP contribution < -0.4 is 10.5 Å². The number of amides is 1. The third kappa shape index (κ3) is 4.69. The Morgan fingerprint density at radius 2 is 1.81 bits per heavy atom. The number of hydrogen-bond acceptors (Lipinski definition) is 7. The van der Waals surface area contributed by atoms with Crippen LogP contribution in [0.25, 0.3) is 10.2 Å². The van der Waals surface area contributed by atoms with Crippen LogP contribution in [-0.2, 0) is 20.0 Å². The lowest BCUT2D eigenvalue weighted by molar-refractivity contribution is 0.102. The van der Waals surface area contributed by atoms with Crippen molar-refractivity contribution < 1.29 is 21.6 Å². The summed E-state index contributed by atoms with van der Waals surface area (Å²) >= 11 is 1.11. The van der Waals surface area contributed by atoms with Crippen molar-refractivity contribution in [2.45, 2.75) is 29.6 Å². The quantitative estimate of drug-likeness (QED) is 0.559. The summed E-state index contributed by atoms with van der Waals surface area (Å²) in [4.78, 5) is 17.0. The molecule has 1 aliphatic rings. The summed E-state index contributed by atoms with van der Waals surface area (Å²) in [7, 11) is -7.44. The van der Waals surface area contributed by atoms with Gasteiger partial charge in [0.15, 0.2) is 5.13 Å². The lowest BCUT2D eigenvalue weighted by Gasteiger charge is -2.30. The van der Waals surface area contributed by atoms with E-state index in [0.717, 1.165) is 24.2 Å². The van der Waals surface area contributed by atoms with E-state index in [-0.39, 0.29) is 20.5 Å². The number of piperidine rings is 1. The molecule has 0 radical (unpaired) electrons. The number of nitrogens with zero attached hydrogens (tertiary/aromatic N) is 2. The number of rotatable bonds is 5. The monoisotopic (exact) mass is 494 g/mol. The van der Waals surface area contributed by atoms with Gasteiger partial charge in [-0.1, -0.05) is 18.3 Å². The summed E-state index contributed by atoms with van der Waals surface area (Å²) in [6, 6.07) is 10.1. The van der Waals surface area contributed by atoms with Crippen LogP contribution in [0.4, 0.5) is 5.13 Å². The molecule has 0 spiro atoms. The number of primary sulfonamides is 1. The number of anilines is 1. The summed E-state index contributed by atoms with van der Waals surface area (Å²) in [5.74, 6) is -0.135. The largest absolute Gasteiger partial charge is 0.298 e. The number of benzene rings is 2. The minimum atomic E-state index is -3.84. The Hall–Kier alpha value is -2.38. The number of hydrogen-bond donors (Lipinski definition) is 2. The molecule has 1 aliphatic heterocycles. The van der Waals surface area contributed by atoms with E-state index in [4.69, 9.17) is 5.14 Å². The number of thiazole rings is 1. The molecule has 3 N–H and O–H groups in total. The number of fused-ring (bicyclic) bond motifs is 1. The predicted molar refractivity (Wildman–Crippen MR) is 123 cm³/mol. The van der Waals surface area contributed by atoms with Gasteiger partial charge < -0.3 is 0 Å². The molecule has 1 atom stereocenters. The van der Waals surface area contributed by atoms with Crippen LogP contribution in [0.1, 0.15) is 30.1 Å². The molecule has 170 valence electrons. The third-order valence-corrected chi connectivity index (χ3v) is 9.01. The van der Waals surface area contributed by atoms with Gasteiger partial charge in [-0.15, -0.1) is 0 Å². The van der Waals surface area contributed by atoms with Gasteiger partial charge in [0.25, 0.3) is 5.91 Å². The number of nitrogens with one attached hydrogen (secondary N) is 1. The van der Waals surface area contributed by atoms with E-state index in [9.17, 15) is 21.6 Å². The Bertz CT molecular complexity index is 1380. The molecule has 4 rings (SSSR count). The van der Waals surface area contributed by atoms with Gasteiger partial charge in [-0.2, -0.15) is 4.31 Å². The van der Waals surface area contributed by atoms with Crippen LogP contribution >= 0.6 is 11.3 Å². The summed E-state index contributed by atoms with van der Waals surface area (Å²) in [6.45, 7) is 3.03. The zero-order valence-electron chi connectivity index (χ0n) is 17.2. The second-order valence-corrected chi connectivity index (χ2v) is 12.3. The molecule has 2 aromatic carbocycles. The maximum atomic E-state index is 12.9. The van der Waals surface area contributed by atoms with E-state index < -0.39 is 26.0 Å². The zero-order valence-corrected chi connectivity index (χ0v) is 19.6. The molecule has 0 saturated carbocycles. The number of aromatic nitrogens is 1. The third-order valence-electron chi connectivity index (χ3n) is 5.28. The highest BCUT2D eigenvalue weighted by atomic mass is 32.2. The summed E-state index contributed by atoms with van der Waals surface area (Å²) in [6.07, 6.45) is 1.85. The Morgan fingerprint density at radius 3 is 2.47 bits per heavy atom. The van der Waals surface area contributed by atoms with Gasteiger partial charge in [0.2, 0.25) is 20.0 Å². The van der Waals surface area contributed by atoms with E-state index >= 15 is 0 Å². The van der Waals surface area contributed by atoms with Gasteiger partial charge in [-0.3, -0.25) is 10.1 Å². The molecule has 32 heavy (non-hydrogen) atoms. The van der Waals surface area contributed by atoms with Gasteiger partial charge >= 0.3 is 0 Å². The molecule has 3 aromatic rings. The maximum absolute atomic E-state index is 12.9. The minimum absolute atomic E-state index is 0.0357. The first kappa shape index (κ1) is 22.8. The number of nitrogens with two attached hydrogens (primary N) is 1. The molecule has 1 amide bonds. The first-order valence-corrected chi connectivity index (χ1v) is 13.7. The lowest BCUT2D eigenvalue weighted by Crippen LogP contribution is -2.39. The highest BCUT2D eigenvalue weighted by molar-refractivity contribution is 7.89. The van der Waals surface area contributed by atoms with Crippen LogP contribution in [-0.4, -0.2) is 45.1 Å². The second kappa shape index (κ2) is 8.52. The van der Waals surface area contributed by atoms with Gasteiger partial charge in [-0.05, 0) is 61.2 Å². The SMILES string of the molecule is C[C@H]1CCCN(S(=O)(=O)c2ccc(C(=O)Nc3nc4ccc(S(N)(=O)=O)cc4s3)cc2)C1. The molecular weight excluding hydrogens is 472 g/mol. The normalized spacial score (nSPS) is 18.0. The highest BCUT2D eigenvalue weighted by Crippen LogP contribution is 2.28.